The molecule has 4 nitrogen and oxygen atoms in total. The highest BCUT2D eigenvalue weighted by Crippen LogP contribution is 2.43. The first-order chi connectivity index (χ1) is 9.73. The molecular weight excluding hydrogens is 262 g/mol. The smallest absolute Gasteiger partial charge is 0.0656 e. The lowest BCUT2D eigenvalue weighted by molar-refractivity contribution is -0.124. The van der Waals surface area contributed by atoms with Crippen molar-refractivity contribution in [2.45, 2.75) is 66.7 Å². The van der Waals surface area contributed by atoms with Gasteiger partial charge in [0.25, 0.3) is 0 Å². The van der Waals surface area contributed by atoms with Crippen LogP contribution in [0.4, 0.5) is 0 Å². The standard InChI is InChI=1S/C17H31N3O/c1-11(2)10-21-16-8-15(17(16,5)6)18-9-14-12(3)19-20(7)13(14)4/h11,15-16,18H,8-10H2,1-7H3. The monoisotopic (exact) mass is 293 g/mol. The molecule has 1 heterocycles. The molecule has 21 heavy (non-hydrogen) atoms. The lowest BCUT2D eigenvalue weighted by Gasteiger charge is -2.52. The molecule has 0 saturated heterocycles. The van der Waals surface area contributed by atoms with E-state index in [4.69, 9.17) is 4.74 Å². The molecule has 2 atom stereocenters. The molecule has 1 aliphatic rings. The number of hydrogen-bond acceptors (Lipinski definition) is 3. The van der Waals surface area contributed by atoms with Crippen LogP contribution in [0.25, 0.3) is 0 Å². The van der Waals surface area contributed by atoms with Crippen molar-refractivity contribution in [2.75, 3.05) is 6.61 Å². The summed E-state index contributed by atoms with van der Waals surface area (Å²) < 4.78 is 8.00. The number of aryl methyl sites for hydroxylation is 2. The molecule has 0 spiro atoms. The van der Waals surface area contributed by atoms with E-state index in [1.54, 1.807) is 0 Å². The Labute approximate surface area is 129 Å². The van der Waals surface area contributed by atoms with Gasteiger partial charge in [-0.25, -0.2) is 0 Å². The first kappa shape index (κ1) is 16.5. The molecule has 1 aromatic heterocycles. The van der Waals surface area contributed by atoms with Crippen molar-refractivity contribution in [3.8, 4) is 0 Å². The molecule has 0 aromatic carbocycles. The van der Waals surface area contributed by atoms with Gasteiger partial charge in [0.05, 0.1) is 11.8 Å². The number of hydrogen-bond donors (Lipinski definition) is 1. The summed E-state index contributed by atoms with van der Waals surface area (Å²) in [5.41, 5.74) is 3.93. The molecule has 2 unspecified atom stereocenters. The van der Waals surface area contributed by atoms with Crippen molar-refractivity contribution in [3.05, 3.63) is 17.0 Å². The van der Waals surface area contributed by atoms with Crippen LogP contribution in [0.1, 0.15) is 51.1 Å². The summed E-state index contributed by atoms with van der Waals surface area (Å²) in [6.07, 6.45) is 1.49. The molecule has 1 fully saturated rings. The van der Waals surface area contributed by atoms with Gasteiger partial charge in [-0.1, -0.05) is 27.7 Å². The topological polar surface area (TPSA) is 39.1 Å². The van der Waals surface area contributed by atoms with Gasteiger partial charge in [-0.05, 0) is 26.2 Å². The zero-order valence-electron chi connectivity index (χ0n) is 14.7. The number of nitrogens with zero attached hydrogens (tertiary/aromatic N) is 2. The van der Waals surface area contributed by atoms with Crippen molar-refractivity contribution >= 4 is 0 Å². The average molecular weight is 293 g/mol. The van der Waals surface area contributed by atoms with Crippen LogP contribution in [-0.2, 0) is 18.3 Å². The van der Waals surface area contributed by atoms with Gasteiger partial charge in [-0.15, -0.1) is 0 Å². The van der Waals surface area contributed by atoms with Crippen LogP contribution in [0.5, 0.6) is 0 Å². The lowest BCUT2D eigenvalue weighted by Crippen LogP contribution is -2.60. The fraction of sp³-hybridized carbons (Fsp3) is 0.824. The number of aromatic nitrogens is 2. The summed E-state index contributed by atoms with van der Waals surface area (Å²) in [4.78, 5) is 0. The quantitative estimate of drug-likeness (QED) is 0.876. The van der Waals surface area contributed by atoms with Crippen LogP contribution in [0, 0.1) is 25.2 Å². The second kappa shape index (κ2) is 6.09. The normalized spacial score (nSPS) is 24.4. The Kier molecular flexibility index (Phi) is 4.79. The Bertz CT molecular complexity index is 490. The third-order valence-corrected chi connectivity index (χ3v) is 4.99. The maximum Gasteiger partial charge on any atom is 0.0656 e. The van der Waals surface area contributed by atoms with Crippen LogP contribution >= 0.6 is 0 Å². The molecule has 0 amide bonds. The van der Waals surface area contributed by atoms with E-state index in [-0.39, 0.29) is 5.41 Å². The Morgan fingerprint density at radius 3 is 2.52 bits per heavy atom. The largest absolute Gasteiger partial charge is 0.377 e. The molecule has 0 radical (unpaired) electrons. The molecule has 1 saturated carbocycles. The molecule has 1 N–H and O–H groups in total. The Morgan fingerprint density at radius 1 is 1.38 bits per heavy atom. The second-order valence-electron chi connectivity index (χ2n) is 7.48. The summed E-state index contributed by atoms with van der Waals surface area (Å²) in [6.45, 7) is 15.0. The first-order valence-electron chi connectivity index (χ1n) is 8.07. The van der Waals surface area contributed by atoms with Crippen LogP contribution < -0.4 is 5.32 Å². The van der Waals surface area contributed by atoms with Crippen LogP contribution in [0.2, 0.25) is 0 Å². The van der Waals surface area contributed by atoms with Gasteiger partial charge in [-0.3, -0.25) is 4.68 Å². The summed E-state index contributed by atoms with van der Waals surface area (Å²) in [5, 5.41) is 8.19. The zero-order valence-corrected chi connectivity index (χ0v) is 14.7. The maximum absolute atomic E-state index is 6.03. The predicted octanol–water partition coefficient (Wildman–Crippen LogP) is 2.97. The van der Waals surface area contributed by atoms with Crippen molar-refractivity contribution in [3.63, 3.8) is 0 Å². The van der Waals surface area contributed by atoms with Gasteiger partial charge in [0.2, 0.25) is 0 Å². The fourth-order valence-corrected chi connectivity index (χ4v) is 3.12. The highest BCUT2D eigenvalue weighted by Gasteiger charge is 2.48. The Balaban J connectivity index is 1.88. The van der Waals surface area contributed by atoms with Crippen LogP contribution in [0.15, 0.2) is 0 Å². The Hall–Kier alpha value is -0.870. The second-order valence-corrected chi connectivity index (χ2v) is 7.48. The third-order valence-electron chi connectivity index (χ3n) is 4.99. The van der Waals surface area contributed by atoms with E-state index in [0.29, 0.717) is 18.1 Å². The molecule has 0 aliphatic heterocycles. The molecule has 0 bridgehead atoms. The average Bonchev–Trinajstić information content (AvgIpc) is 2.62. The molecule has 4 heteroatoms. The zero-order chi connectivity index (χ0) is 15.8. The minimum Gasteiger partial charge on any atom is -0.377 e. The van der Waals surface area contributed by atoms with E-state index in [9.17, 15) is 0 Å². The van der Waals surface area contributed by atoms with E-state index in [0.717, 1.165) is 25.3 Å². The highest BCUT2D eigenvalue weighted by molar-refractivity contribution is 5.24. The lowest BCUT2D eigenvalue weighted by atomic mass is 9.64. The molecule has 1 aliphatic carbocycles. The SMILES string of the molecule is Cc1nn(C)c(C)c1CNC1CC(OCC(C)C)C1(C)C. The van der Waals surface area contributed by atoms with Crippen molar-refractivity contribution in [1.29, 1.82) is 0 Å². The number of rotatable bonds is 6. The first-order valence-corrected chi connectivity index (χ1v) is 8.07. The number of ether oxygens (including phenoxy) is 1. The summed E-state index contributed by atoms with van der Waals surface area (Å²) >= 11 is 0. The molecular formula is C17H31N3O. The summed E-state index contributed by atoms with van der Waals surface area (Å²) in [7, 11) is 2.01. The van der Waals surface area contributed by atoms with Gasteiger partial charge in [0.1, 0.15) is 0 Å². The van der Waals surface area contributed by atoms with Crippen molar-refractivity contribution < 1.29 is 4.74 Å². The van der Waals surface area contributed by atoms with Gasteiger partial charge >= 0.3 is 0 Å². The van der Waals surface area contributed by atoms with E-state index >= 15 is 0 Å². The third kappa shape index (κ3) is 3.32. The van der Waals surface area contributed by atoms with Gasteiger partial charge in [0, 0.05) is 42.9 Å². The van der Waals surface area contributed by atoms with E-state index in [2.05, 4.69) is 52.0 Å². The minimum absolute atomic E-state index is 0.207. The minimum atomic E-state index is 0.207. The summed E-state index contributed by atoms with van der Waals surface area (Å²) in [6, 6.07) is 0.522. The highest BCUT2D eigenvalue weighted by atomic mass is 16.5. The fourth-order valence-electron chi connectivity index (χ4n) is 3.12. The van der Waals surface area contributed by atoms with E-state index in [1.807, 2.05) is 11.7 Å². The van der Waals surface area contributed by atoms with Crippen LogP contribution in [0.3, 0.4) is 0 Å². The van der Waals surface area contributed by atoms with Gasteiger partial charge in [-0.2, -0.15) is 5.10 Å². The molecule has 2 rings (SSSR count). The van der Waals surface area contributed by atoms with Crippen molar-refractivity contribution in [2.24, 2.45) is 18.4 Å². The summed E-state index contributed by atoms with van der Waals surface area (Å²) in [5.74, 6) is 0.605. The van der Waals surface area contributed by atoms with Crippen molar-refractivity contribution in [1.82, 2.24) is 15.1 Å². The van der Waals surface area contributed by atoms with Gasteiger partial charge < -0.3 is 10.1 Å². The van der Waals surface area contributed by atoms with Crippen LogP contribution in [-0.4, -0.2) is 28.5 Å². The van der Waals surface area contributed by atoms with E-state index < -0.39 is 0 Å². The Morgan fingerprint density at radius 2 is 2.05 bits per heavy atom. The molecule has 1 aromatic rings. The van der Waals surface area contributed by atoms with E-state index in [1.165, 1.54) is 11.3 Å². The number of nitrogens with one attached hydrogen (secondary N) is 1. The molecule has 120 valence electrons. The van der Waals surface area contributed by atoms with Gasteiger partial charge in [0.15, 0.2) is 0 Å². The predicted molar refractivity (Wildman–Crippen MR) is 86.3 cm³/mol. The maximum atomic E-state index is 6.03.